The summed E-state index contributed by atoms with van der Waals surface area (Å²) in [6.45, 7) is 2.05. The van der Waals surface area contributed by atoms with Crippen molar-refractivity contribution >= 4 is 28.6 Å². The second-order valence-corrected chi connectivity index (χ2v) is 4.84. The van der Waals surface area contributed by atoms with E-state index in [1.165, 1.54) is 5.56 Å². The molecule has 6 heteroatoms. The number of H-pyrrole nitrogens is 1. The zero-order valence-corrected chi connectivity index (χ0v) is 10.3. The van der Waals surface area contributed by atoms with Crippen LogP contribution in [0.3, 0.4) is 0 Å². The number of amidine groups is 1. The molecule has 1 aromatic heterocycles. The zero-order valence-electron chi connectivity index (χ0n) is 9.47. The Kier molecular flexibility index (Phi) is 3.53. The van der Waals surface area contributed by atoms with E-state index in [4.69, 9.17) is 10.9 Å². The summed E-state index contributed by atoms with van der Waals surface area (Å²) in [5, 5.41) is 12.2. The van der Waals surface area contributed by atoms with Gasteiger partial charge in [-0.25, -0.2) is 4.98 Å². The van der Waals surface area contributed by atoms with Crippen molar-refractivity contribution in [1.82, 2.24) is 9.97 Å². The number of imidazole rings is 1. The van der Waals surface area contributed by atoms with Gasteiger partial charge >= 0.3 is 0 Å². The molecule has 0 saturated heterocycles. The van der Waals surface area contributed by atoms with Crippen molar-refractivity contribution in [2.24, 2.45) is 10.9 Å². The van der Waals surface area contributed by atoms with Crippen molar-refractivity contribution < 1.29 is 5.21 Å². The molecule has 0 unspecified atom stereocenters. The predicted molar refractivity (Wildman–Crippen MR) is 69.6 cm³/mol. The maximum absolute atomic E-state index is 8.41. The molecular weight excluding hydrogens is 236 g/mol. The summed E-state index contributed by atoms with van der Waals surface area (Å²) in [5.41, 5.74) is 8.59. The predicted octanol–water partition coefficient (Wildman–Crippen LogP) is 2.10. The van der Waals surface area contributed by atoms with Gasteiger partial charge in [0.15, 0.2) is 5.16 Å². The molecule has 5 nitrogen and oxygen atoms in total. The number of rotatable bonds is 4. The second kappa shape index (κ2) is 5.09. The highest BCUT2D eigenvalue weighted by Crippen LogP contribution is 2.20. The van der Waals surface area contributed by atoms with Crippen LogP contribution in [0.4, 0.5) is 0 Å². The summed E-state index contributed by atoms with van der Waals surface area (Å²) in [4.78, 5) is 7.68. The fourth-order valence-electron chi connectivity index (χ4n) is 1.47. The molecule has 0 spiro atoms. The minimum atomic E-state index is 0.240. The smallest absolute Gasteiger partial charge is 0.166 e. The molecule has 17 heavy (non-hydrogen) atoms. The topological polar surface area (TPSA) is 87.3 Å². The largest absolute Gasteiger partial charge is 0.409 e. The average Bonchev–Trinajstić information content (AvgIpc) is 2.70. The van der Waals surface area contributed by atoms with Crippen LogP contribution in [0, 0.1) is 6.92 Å². The SMILES string of the molecule is Cc1ccc2nc(SCC/C(N)=N/O)[nH]c2c1. The lowest BCUT2D eigenvalue weighted by Crippen LogP contribution is -2.12. The molecule has 0 aliphatic carbocycles. The molecule has 0 bridgehead atoms. The van der Waals surface area contributed by atoms with Gasteiger partial charge in [0.1, 0.15) is 5.84 Å². The van der Waals surface area contributed by atoms with Gasteiger partial charge in [0.2, 0.25) is 0 Å². The third-order valence-corrected chi connectivity index (χ3v) is 3.22. The number of hydrogen-bond acceptors (Lipinski definition) is 4. The summed E-state index contributed by atoms with van der Waals surface area (Å²) in [6, 6.07) is 6.10. The fourth-order valence-corrected chi connectivity index (χ4v) is 2.32. The molecule has 0 amide bonds. The number of aryl methyl sites for hydroxylation is 1. The van der Waals surface area contributed by atoms with E-state index in [0.29, 0.717) is 6.42 Å². The molecular formula is C11H14N4OS. The van der Waals surface area contributed by atoms with Crippen LogP contribution >= 0.6 is 11.8 Å². The first-order valence-electron chi connectivity index (χ1n) is 5.24. The lowest BCUT2D eigenvalue weighted by Gasteiger charge is -1.96. The molecule has 0 atom stereocenters. The highest BCUT2D eigenvalue weighted by Gasteiger charge is 2.03. The van der Waals surface area contributed by atoms with Crippen LogP contribution in [0.25, 0.3) is 11.0 Å². The van der Waals surface area contributed by atoms with Crippen LogP contribution in [-0.4, -0.2) is 26.8 Å². The number of oxime groups is 1. The van der Waals surface area contributed by atoms with Gasteiger partial charge in [-0.2, -0.15) is 0 Å². The number of nitrogens with zero attached hydrogens (tertiary/aromatic N) is 2. The number of hydrogen-bond donors (Lipinski definition) is 3. The molecule has 2 aromatic rings. The number of nitrogens with one attached hydrogen (secondary N) is 1. The minimum Gasteiger partial charge on any atom is -0.409 e. The van der Waals surface area contributed by atoms with Crippen molar-refractivity contribution in [3.63, 3.8) is 0 Å². The van der Waals surface area contributed by atoms with Crippen LogP contribution in [0.1, 0.15) is 12.0 Å². The van der Waals surface area contributed by atoms with E-state index in [1.807, 2.05) is 19.1 Å². The maximum Gasteiger partial charge on any atom is 0.166 e. The standard InChI is InChI=1S/C11H14N4OS/c1-7-2-3-8-9(6-7)14-11(13-8)17-5-4-10(12)15-16/h2-3,6,16H,4-5H2,1H3,(H2,12,15)(H,13,14). The molecule has 0 aliphatic rings. The van der Waals surface area contributed by atoms with Crippen LogP contribution < -0.4 is 5.73 Å². The first-order valence-corrected chi connectivity index (χ1v) is 6.23. The Bertz CT molecular complexity index is 549. The Morgan fingerprint density at radius 2 is 2.41 bits per heavy atom. The van der Waals surface area contributed by atoms with Gasteiger partial charge < -0.3 is 15.9 Å². The first-order chi connectivity index (χ1) is 8.19. The monoisotopic (exact) mass is 250 g/mol. The van der Waals surface area contributed by atoms with E-state index in [2.05, 4.69) is 21.2 Å². The van der Waals surface area contributed by atoms with Crippen LogP contribution in [-0.2, 0) is 0 Å². The van der Waals surface area contributed by atoms with E-state index in [1.54, 1.807) is 11.8 Å². The quantitative estimate of drug-likeness (QED) is 0.255. The number of nitrogens with two attached hydrogens (primary N) is 1. The maximum atomic E-state index is 8.41. The summed E-state index contributed by atoms with van der Waals surface area (Å²) in [7, 11) is 0. The third-order valence-electron chi connectivity index (χ3n) is 2.34. The van der Waals surface area contributed by atoms with Crippen molar-refractivity contribution in [2.75, 3.05) is 5.75 Å². The van der Waals surface area contributed by atoms with Crippen molar-refractivity contribution in [3.05, 3.63) is 23.8 Å². The van der Waals surface area contributed by atoms with Gasteiger partial charge in [0.25, 0.3) is 0 Å². The van der Waals surface area contributed by atoms with Gasteiger partial charge in [-0.1, -0.05) is 23.0 Å². The Hall–Kier alpha value is -1.69. The molecule has 1 aromatic carbocycles. The van der Waals surface area contributed by atoms with E-state index in [9.17, 15) is 0 Å². The summed E-state index contributed by atoms with van der Waals surface area (Å²) >= 11 is 1.56. The summed E-state index contributed by atoms with van der Waals surface area (Å²) in [6.07, 6.45) is 0.539. The molecule has 0 fully saturated rings. The van der Waals surface area contributed by atoms with Crippen LogP contribution in [0.15, 0.2) is 28.5 Å². The highest BCUT2D eigenvalue weighted by atomic mass is 32.2. The number of fused-ring (bicyclic) bond motifs is 1. The van der Waals surface area contributed by atoms with E-state index in [-0.39, 0.29) is 5.84 Å². The lowest BCUT2D eigenvalue weighted by molar-refractivity contribution is 0.317. The average molecular weight is 250 g/mol. The van der Waals surface area contributed by atoms with E-state index >= 15 is 0 Å². The number of aromatic nitrogens is 2. The van der Waals surface area contributed by atoms with Crippen molar-refractivity contribution in [2.45, 2.75) is 18.5 Å². The summed E-state index contributed by atoms with van der Waals surface area (Å²) < 4.78 is 0. The molecule has 4 N–H and O–H groups in total. The Morgan fingerprint density at radius 1 is 1.59 bits per heavy atom. The fraction of sp³-hybridized carbons (Fsp3) is 0.273. The van der Waals surface area contributed by atoms with Gasteiger partial charge in [-0.05, 0) is 24.6 Å². The van der Waals surface area contributed by atoms with Crippen molar-refractivity contribution in [1.29, 1.82) is 0 Å². The van der Waals surface area contributed by atoms with Gasteiger partial charge in [-0.15, -0.1) is 0 Å². The van der Waals surface area contributed by atoms with Gasteiger partial charge in [-0.3, -0.25) is 0 Å². The number of benzene rings is 1. The molecule has 0 saturated carbocycles. The van der Waals surface area contributed by atoms with Gasteiger partial charge in [0, 0.05) is 12.2 Å². The van der Waals surface area contributed by atoms with Gasteiger partial charge in [0.05, 0.1) is 11.0 Å². The molecule has 90 valence electrons. The number of aromatic amines is 1. The van der Waals surface area contributed by atoms with Crippen LogP contribution in [0.2, 0.25) is 0 Å². The zero-order chi connectivity index (χ0) is 12.3. The van der Waals surface area contributed by atoms with Crippen molar-refractivity contribution in [3.8, 4) is 0 Å². The van der Waals surface area contributed by atoms with E-state index < -0.39 is 0 Å². The Morgan fingerprint density at radius 3 is 3.18 bits per heavy atom. The number of thioether (sulfide) groups is 1. The Labute approximate surface area is 103 Å². The lowest BCUT2D eigenvalue weighted by atomic mass is 10.2. The molecule has 2 rings (SSSR count). The summed E-state index contributed by atoms with van der Waals surface area (Å²) in [5.74, 6) is 0.971. The van der Waals surface area contributed by atoms with Crippen LogP contribution in [0.5, 0.6) is 0 Å². The molecule has 0 aliphatic heterocycles. The first kappa shape index (κ1) is 11.8. The normalized spacial score (nSPS) is 12.2. The minimum absolute atomic E-state index is 0.240. The molecule has 1 heterocycles. The highest BCUT2D eigenvalue weighted by molar-refractivity contribution is 7.99. The third kappa shape index (κ3) is 2.91. The molecule has 0 radical (unpaired) electrons. The Balaban J connectivity index is 2.04. The second-order valence-electron chi connectivity index (χ2n) is 3.75. The van der Waals surface area contributed by atoms with E-state index in [0.717, 1.165) is 21.9 Å².